The maximum absolute atomic E-state index is 10.2. The first-order valence-corrected chi connectivity index (χ1v) is 6.74. The second kappa shape index (κ2) is 5.41. The van der Waals surface area contributed by atoms with Crippen molar-refractivity contribution in [1.82, 2.24) is 19.5 Å². The lowest BCUT2D eigenvalue weighted by Gasteiger charge is -2.20. The first kappa shape index (κ1) is 15.1. The summed E-state index contributed by atoms with van der Waals surface area (Å²) in [6.07, 6.45) is -4.36. The molecule has 0 spiro atoms. The molecule has 2 aromatic heterocycles. The lowest BCUT2D eigenvalue weighted by Crippen LogP contribution is -2.33. The molecule has 0 amide bonds. The molecule has 120 valence electrons. The Morgan fingerprint density at radius 2 is 2.09 bits per heavy atom. The van der Waals surface area contributed by atoms with Crippen LogP contribution >= 0.6 is 0 Å². The third kappa shape index (κ3) is 2.12. The molecule has 1 aliphatic rings. The minimum Gasteiger partial charge on any atom is -0.394 e. The minimum absolute atomic E-state index is 0.123. The number of anilines is 1. The number of fused-ring (bicyclic) bond motifs is 1. The van der Waals surface area contributed by atoms with Gasteiger partial charge in [-0.05, 0) is 6.92 Å². The van der Waals surface area contributed by atoms with Crippen LogP contribution in [0.3, 0.4) is 0 Å². The fraction of sp³-hybridized carbons (Fsp3) is 0.583. The van der Waals surface area contributed by atoms with Gasteiger partial charge in [0.25, 0.3) is 0 Å². The second-order valence-corrected chi connectivity index (χ2v) is 5.18. The highest BCUT2D eigenvalue weighted by molar-refractivity contribution is 5.82. The van der Waals surface area contributed by atoms with Crippen molar-refractivity contribution in [2.45, 2.75) is 37.6 Å². The molecule has 2 aromatic rings. The maximum atomic E-state index is 10.2. The fourth-order valence-electron chi connectivity index (χ4n) is 2.58. The molecule has 1 unspecified atom stereocenters. The van der Waals surface area contributed by atoms with Crippen molar-refractivity contribution in [3.05, 3.63) is 12.2 Å². The van der Waals surface area contributed by atoms with Gasteiger partial charge in [0, 0.05) is 0 Å². The fourth-order valence-corrected chi connectivity index (χ4v) is 2.58. The largest absolute Gasteiger partial charge is 0.394 e. The van der Waals surface area contributed by atoms with E-state index in [-0.39, 0.29) is 22.8 Å². The maximum Gasteiger partial charge on any atom is 0.167 e. The van der Waals surface area contributed by atoms with Crippen LogP contribution in [0, 0.1) is 0 Å². The summed E-state index contributed by atoms with van der Waals surface area (Å²) in [5, 5.41) is 39.2. The van der Waals surface area contributed by atoms with Gasteiger partial charge in [-0.1, -0.05) is 0 Å². The molecule has 5 atom stereocenters. The molecule has 3 rings (SSSR count). The van der Waals surface area contributed by atoms with E-state index in [9.17, 15) is 20.4 Å². The molecule has 6 N–H and O–H groups in total. The highest BCUT2D eigenvalue weighted by Gasteiger charge is 2.45. The van der Waals surface area contributed by atoms with Crippen molar-refractivity contribution < 1.29 is 25.2 Å². The van der Waals surface area contributed by atoms with Crippen LogP contribution in [0.2, 0.25) is 0 Å². The Morgan fingerprint density at radius 1 is 1.36 bits per heavy atom. The van der Waals surface area contributed by atoms with Crippen LogP contribution < -0.4 is 5.73 Å². The average Bonchev–Trinajstić information content (AvgIpc) is 3.00. The number of hydrogen-bond donors (Lipinski definition) is 5. The molecule has 0 radical (unpaired) electrons. The van der Waals surface area contributed by atoms with Gasteiger partial charge in [0.1, 0.15) is 36.6 Å². The molecule has 10 nitrogen and oxygen atoms in total. The molecule has 1 aliphatic heterocycles. The Kier molecular flexibility index (Phi) is 3.70. The predicted molar refractivity (Wildman–Crippen MR) is 73.4 cm³/mol. The SMILES string of the molecule is CC(O)c1nc2c(N)ncnc2n1[C@@H]1O[C@H](CO)[C@@H](O)[C@H]1O. The number of nitrogens with zero attached hydrogens (tertiary/aromatic N) is 4. The number of nitrogens with two attached hydrogens (primary N) is 1. The van der Waals surface area contributed by atoms with Crippen molar-refractivity contribution in [3.8, 4) is 0 Å². The van der Waals surface area contributed by atoms with Gasteiger partial charge in [-0.15, -0.1) is 0 Å². The predicted octanol–water partition coefficient (Wildman–Crippen LogP) is -1.93. The number of hydrogen-bond acceptors (Lipinski definition) is 9. The number of aromatic nitrogens is 4. The summed E-state index contributed by atoms with van der Waals surface area (Å²) < 4.78 is 6.84. The summed E-state index contributed by atoms with van der Waals surface area (Å²) in [6.45, 7) is 1.03. The minimum atomic E-state index is -1.32. The quantitative estimate of drug-likeness (QED) is 0.435. The summed E-state index contributed by atoms with van der Waals surface area (Å²) in [4.78, 5) is 12.1. The summed E-state index contributed by atoms with van der Waals surface area (Å²) in [5.74, 6) is 0.287. The van der Waals surface area contributed by atoms with E-state index in [1.54, 1.807) is 0 Å². The molecule has 22 heavy (non-hydrogen) atoms. The van der Waals surface area contributed by atoms with Gasteiger partial charge in [0.2, 0.25) is 0 Å². The zero-order valence-corrected chi connectivity index (χ0v) is 11.7. The molecule has 0 aliphatic carbocycles. The van der Waals surface area contributed by atoms with Crippen LogP contribution in [0.15, 0.2) is 6.33 Å². The molecule has 0 saturated carbocycles. The highest BCUT2D eigenvalue weighted by atomic mass is 16.6. The van der Waals surface area contributed by atoms with Crippen LogP contribution in [-0.4, -0.2) is 64.9 Å². The molecule has 1 saturated heterocycles. The standard InChI is InChI=1S/C12H17N5O5/c1-4(19)10-16-6-9(13)14-3-15-11(6)17(10)12-8(21)7(20)5(2-18)22-12/h3-5,7-8,12,18-21H,2H2,1H3,(H2,13,14,15)/t4?,5-,7-,8-,12-/m1/s1. The Hall–Kier alpha value is -1.85. The van der Waals surface area contributed by atoms with Crippen molar-refractivity contribution in [2.75, 3.05) is 12.3 Å². The van der Waals surface area contributed by atoms with Gasteiger partial charge in [-0.2, -0.15) is 0 Å². The second-order valence-electron chi connectivity index (χ2n) is 5.18. The number of nitrogen functional groups attached to an aromatic ring is 1. The van der Waals surface area contributed by atoms with Gasteiger partial charge in [-0.3, -0.25) is 4.57 Å². The lowest BCUT2D eigenvalue weighted by atomic mass is 10.1. The third-order valence-electron chi connectivity index (χ3n) is 3.68. The zero-order valence-electron chi connectivity index (χ0n) is 11.7. The van der Waals surface area contributed by atoms with E-state index >= 15 is 0 Å². The number of aliphatic hydroxyl groups is 4. The first-order chi connectivity index (χ1) is 10.5. The van der Waals surface area contributed by atoms with Crippen molar-refractivity contribution in [2.24, 2.45) is 0 Å². The summed E-state index contributed by atoms with van der Waals surface area (Å²) in [7, 11) is 0. The average molecular weight is 311 g/mol. The molecule has 0 bridgehead atoms. The number of imidazole rings is 1. The Labute approximate surface area is 124 Å². The third-order valence-corrected chi connectivity index (χ3v) is 3.68. The lowest BCUT2D eigenvalue weighted by molar-refractivity contribution is -0.0543. The van der Waals surface area contributed by atoms with Crippen LogP contribution in [0.1, 0.15) is 25.1 Å². The molecular weight excluding hydrogens is 294 g/mol. The van der Waals surface area contributed by atoms with E-state index in [0.29, 0.717) is 0 Å². The zero-order chi connectivity index (χ0) is 16.0. The highest BCUT2D eigenvalue weighted by Crippen LogP contribution is 2.34. The van der Waals surface area contributed by atoms with Crippen LogP contribution in [0.4, 0.5) is 5.82 Å². The molecular formula is C12H17N5O5. The Morgan fingerprint density at radius 3 is 2.68 bits per heavy atom. The van der Waals surface area contributed by atoms with Gasteiger partial charge in [0.05, 0.1) is 6.61 Å². The van der Waals surface area contributed by atoms with Crippen molar-refractivity contribution in [1.29, 1.82) is 0 Å². The first-order valence-electron chi connectivity index (χ1n) is 6.74. The van der Waals surface area contributed by atoms with Crippen LogP contribution in [0.5, 0.6) is 0 Å². The van der Waals surface area contributed by atoms with Crippen molar-refractivity contribution in [3.63, 3.8) is 0 Å². The van der Waals surface area contributed by atoms with E-state index < -0.39 is 37.3 Å². The molecule has 10 heteroatoms. The van der Waals surface area contributed by atoms with Gasteiger partial charge in [-0.25, -0.2) is 15.0 Å². The summed E-state index contributed by atoms with van der Waals surface area (Å²) >= 11 is 0. The van der Waals surface area contributed by atoms with Gasteiger partial charge >= 0.3 is 0 Å². The normalized spacial score (nSPS) is 30.0. The van der Waals surface area contributed by atoms with E-state index in [1.807, 2.05) is 0 Å². The smallest absolute Gasteiger partial charge is 0.167 e. The van der Waals surface area contributed by atoms with Crippen LogP contribution in [-0.2, 0) is 4.74 Å². The number of ether oxygens (including phenoxy) is 1. The summed E-state index contributed by atoms with van der Waals surface area (Å²) in [5.41, 5.74) is 6.27. The van der Waals surface area contributed by atoms with Crippen molar-refractivity contribution >= 4 is 17.0 Å². The summed E-state index contributed by atoms with van der Waals surface area (Å²) in [6, 6.07) is 0. The van der Waals surface area contributed by atoms with E-state index in [4.69, 9.17) is 10.5 Å². The molecule has 3 heterocycles. The van der Waals surface area contributed by atoms with Gasteiger partial charge in [0.15, 0.2) is 23.2 Å². The van der Waals surface area contributed by atoms with Gasteiger partial charge < -0.3 is 30.9 Å². The van der Waals surface area contributed by atoms with E-state index in [1.165, 1.54) is 17.8 Å². The molecule has 1 fully saturated rings. The van der Waals surface area contributed by atoms with E-state index in [2.05, 4.69) is 15.0 Å². The number of aliphatic hydroxyl groups excluding tert-OH is 4. The van der Waals surface area contributed by atoms with E-state index in [0.717, 1.165) is 0 Å². The topological polar surface area (TPSA) is 160 Å². The van der Waals surface area contributed by atoms with Crippen LogP contribution in [0.25, 0.3) is 11.2 Å². The molecule has 0 aromatic carbocycles. The Balaban J connectivity index is 2.17. The Bertz CT molecular complexity index is 690. The number of rotatable bonds is 3. The monoisotopic (exact) mass is 311 g/mol.